The van der Waals surface area contributed by atoms with Gasteiger partial charge in [-0.25, -0.2) is 4.98 Å². The monoisotopic (exact) mass is 581 g/mol. The lowest BCUT2D eigenvalue weighted by Crippen LogP contribution is -2.21. The number of hydrogen-bond acceptors (Lipinski definition) is 5. The van der Waals surface area contributed by atoms with Gasteiger partial charge in [0, 0.05) is 11.1 Å². The van der Waals surface area contributed by atoms with Crippen LogP contribution in [-0.2, 0) is 6.61 Å². The molecule has 0 aliphatic rings. The van der Waals surface area contributed by atoms with Crippen LogP contribution in [0.15, 0.2) is 107 Å². The Labute approximate surface area is 257 Å². The van der Waals surface area contributed by atoms with Crippen molar-refractivity contribution in [2.45, 2.75) is 40.2 Å². The molecule has 0 aliphatic heterocycles. The first kappa shape index (κ1) is 28.9. The summed E-state index contributed by atoms with van der Waals surface area (Å²) in [5.74, 6) is 2.16. The first-order valence-corrected chi connectivity index (χ1v) is 14.8. The largest absolute Gasteiger partial charge is 0.496 e. The number of fused-ring (bicyclic) bond motifs is 2. The van der Waals surface area contributed by atoms with Crippen LogP contribution in [0, 0.1) is 13.8 Å². The second kappa shape index (κ2) is 12.2. The molecule has 44 heavy (non-hydrogen) atoms. The Bertz CT molecular complexity index is 2080. The van der Waals surface area contributed by atoms with E-state index in [1.165, 1.54) is 10.2 Å². The molecule has 0 radical (unpaired) electrons. The third-order valence-corrected chi connectivity index (χ3v) is 7.94. The molecule has 1 aromatic heterocycles. The van der Waals surface area contributed by atoms with Crippen molar-refractivity contribution in [1.29, 1.82) is 0 Å². The highest BCUT2D eigenvalue weighted by atomic mass is 16.5. The number of rotatable bonds is 8. The van der Waals surface area contributed by atoms with E-state index in [1.807, 2.05) is 61.5 Å². The number of aromatic nitrogens is 2. The van der Waals surface area contributed by atoms with Crippen LogP contribution >= 0.6 is 0 Å². The van der Waals surface area contributed by atoms with Gasteiger partial charge in [0.2, 0.25) is 0 Å². The molecule has 0 bridgehead atoms. The second-order valence-corrected chi connectivity index (χ2v) is 11.4. The summed E-state index contributed by atoms with van der Waals surface area (Å²) in [4.78, 5) is 19.0. The van der Waals surface area contributed by atoms with Gasteiger partial charge in [0.25, 0.3) is 5.56 Å². The Morgan fingerprint density at radius 3 is 2.34 bits per heavy atom. The van der Waals surface area contributed by atoms with E-state index in [2.05, 4.69) is 57.2 Å². The molecule has 0 amide bonds. The van der Waals surface area contributed by atoms with E-state index in [-0.39, 0.29) is 11.5 Å². The SMILES string of the molecule is COc1cc(C)c(-c2nc3ccccc3c(=O)n2N=Cc2c(OCc3ccc(C)cc3)ccc3ccccc23)cc1C(C)C. The molecule has 6 rings (SSSR count). The predicted molar refractivity (Wildman–Crippen MR) is 179 cm³/mol. The quantitative estimate of drug-likeness (QED) is 0.169. The summed E-state index contributed by atoms with van der Waals surface area (Å²) in [6.45, 7) is 8.71. The van der Waals surface area contributed by atoms with Gasteiger partial charge in [-0.2, -0.15) is 9.78 Å². The average Bonchev–Trinajstić information content (AvgIpc) is 3.04. The standard InChI is InChI=1S/C38H35N3O3/c1-24(2)31-21-32(26(4)20-36(31)43-5)37-40-34-13-9-8-12-30(34)38(42)41(37)39-22-33-29-11-7-6-10-28(29)18-19-35(33)44-23-27-16-14-25(3)15-17-27/h6-22,24H,23H2,1-5H3. The van der Waals surface area contributed by atoms with Crippen molar-refractivity contribution in [3.63, 3.8) is 0 Å². The highest BCUT2D eigenvalue weighted by Crippen LogP contribution is 2.34. The molecule has 1 heterocycles. The van der Waals surface area contributed by atoms with Gasteiger partial charge >= 0.3 is 0 Å². The van der Waals surface area contributed by atoms with Gasteiger partial charge in [0.05, 0.1) is 24.2 Å². The molecule has 0 saturated carbocycles. The van der Waals surface area contributed by atoms with Crippen molar-refractivity contribution in [2.75, 3.05) is 7.11 Å². The van der Waals surface area contributed by atoms with Crippen molar-refractivity contribution >= 4 is 27.9 Å². The molecule has 220 valence electrons. The topological polar surface area (TPSA) is 65.7 Å². The molecule has 6 heteroatoms. The molecule has 0 fully saturated rings. The van der Waals surface area contributed by atoms with Crippen LogP contribution in [0.1, 0.15) is 47.6 Å². The Morgan fingerprint density at radius 2 is 1.59 bits per heavy atom. The van der Waals surface area contributed by atoms with Crippen LogP contribution < -0.4 is 15.0 Å². The van der Waals surface area contributed by atoms with Crippen molar-refractivity contribution in [2.24, 2.45) is 5.10 Å². The van der Waals surface area contributed by atoms with Crippen molar-refractivity contribution < 1.29 is 9.47 Å². The Balaban J connectivity index is 1.53. The fraction of sp³-hybridized carbons (Fsp3) is 0.184. The number of aryl methyl sites for hydroxylation is 2. The molecule has 0 aliphatic carbocycles. The number of ether oxygens (including phenoxy) is 2. The molecule has 0 atom stereocenters. The molecule has 0 saturated heterocycles. The predicted octanol–water partition coefficient (Wildman–Crippen LogP) is 8.43. The fourth-order valence-corrected chi connectivity index (χ4v) is 5.47. The van der Waals surface area contributed by atoms with Crippen LogP contribution in [0.5, 0.6) is 11.5 Å². The van der Waals surface area contributed by atoms with Crippen LogP contribution in [0.4, 0.5) is 0 Å². The van der Waals surface area contributed by atoms with E-state index in [1.54, 1.807) is 19.4 Å². The van der Waals surface area contributed by atoms with Crippen molar-refractivity contribution in [3.05, 3.63) is 135 Å². The maximum absolute atomic E-state index is 14.0. The van der Waals surface area contributed by atoms with Gasteiger partial charge in [-0.05, 0) is 77.6 Å². The molecule has 0 spiro atoms. The molecular weight excluding hydrogens is 546 g/mol. The third-order valence-electron chi connectivity index (χ3n) is 7.94. The van der Waals surface area contributed by atoms with Crippen LogP contribution in [0.2, 0.25) is 0 Å². The summed E-state index contributed by atoms with van der Waals surface area (Å²) < 4.78 is 13.5. The number of para-hydroxylation sites is 1. The van der Waals surface area contributed by atoms with Gasteiger partial charge in [-0.3, -0.25) is 4.79 Å². The number of nitrogens with zero attached hydrogens (tertiary/aromatic N) is 3. The Hall–Kier alpha value is -5.23. The van der Waals surface area contributed by atoms with Gasteiger partial charge < -0.3 is 9.47 Å². The molecule has 6 aromatic rings. The second-order valence-electron chi connectivity index (χ2n) is 11.4. The highest BCUT2D eigenvalue weighted by molar-refractivity contribution is 6.02. The maximum atomic E-state index is 14.0. The number of methoxy groups -OCH3 is 1. The molecular formula is C38H35N3O3. The first-order chi connectivity index (χ1) is 21.3. The van der Waals surface area contributed by atoms with Crippen LogP contribution in [0.25, 0.3) is 33.1 Å². The van der Waals surface area contributed by atoms with Crippen molar-refractivity contribution in [3.8, 4) is 22.9 Å². The summed E-state index contributed by atoms with van der Waals surface area (Å²) in [7, 11) is 1.68. The number of hydrogen-bond donors (Lipinski definition) is 0. The van der Waals surface area contributed by atoms with Gasteiger partial charge in [-0.15, -0.1) is 0 Å². The molecule has 6 nitrogen and oxygen atoms in total. The lowest BCUT2D eigenvalue weighted by molar-refractivity contribution is 0.306. The van der Waals surface area contributed by atoms with E-state index in [4.69, 9.17) is 19.6 Å². The zero-order valence-electron chi connectivity index (χ0n) is 25.7. The molecule has 5 aromatic carbocycles. The normalized spacial score (nSPS) is 11.6. The summed E-state index contributed by atoms with van der Waals surface area (Å²) in [6, 6.07) is 31.8. The van der Waals surface area contributed by atoms with Crippen molar-refractivity contribution in [1.82, 2.24) is 9.66 Å². The zero-order valence-corrected chi connectivity index (χ0v) is 25.7. The van der Waals surface area contributed by atoms with E-state index < -0.39 is 0 Å². The minimum Gasteiger partial charge on any atom is -0.496 e. The summed E-state index contributed by atoms with van der Waals surface area (Å²) >= 11 is 0. The van der Waals surface area contributed by atoms with Gasteiger partial charge in [0.15, 0.2) is 5.82 Å². The summed E-state index contributed by atoms with van der Waals surface area (Å²) in [5, 5.41) is 7.37. The Morgan fingerprint density at radius 1 is 0.864 bits per heavy atom. The van der Waals surface area contributed by atoms with Crippen LogP contribution in [0.3, 0.4) is 0 Å². The van der Waals surface area contributed by atoms with E-state index >= 15 is 0 Å². The zero-order chi connectivity index (χ0) is 30.8. The van der Waals surface area contributed by atoms with Crippen LogP contribution in [-0.4, -0.2) is 23.0 Å². The smallest absolute Gasteiger partial charge is 0.282 e. The first-order valence-electron chi connectivity index (χ1n) is 14.8. The van der Waals surface area contributed by atoms with E-state index in [0.717, 1.165) is 44.3 Å². The van der Waals surface area contributed by atoms with Gasteiger partial charge in [0.1, 0.15) is 18.1 Å². The highest BCUT2D eigenvalue weighted by Gasteiger charge is 2.19. The number of benzene rings is 5. The lowest BCUT2D eigenvalue weighted by atomic mass is 9.96. The van der Waals surface area contributed by atoms with E-state index in [9.17, 15) is 4.79 Å². The fourth-order valence-electron chi connectivity index (χ4n) is 5.47. The average molecular weight is 582 g/mol. The molecule has 0 unspecified atom stereocenters. The minimum absolute atomic E-state index is 0.206. The Kier molecular flexibility index (Phi) is 7.99. The minimum atomic E-state index is -0.245. The lowest BCUT2D eigenvalue weighted by Gasteiger charge is -2.17. The maximum Gasteiger partial charge on any atom is 0.282 e. The third kappa shape index (κ3) is 5.59. The van der Waals surface area contributed by atoms with E-state index in [0.29, 0.717) is 29.1 Å². The molecule has 0 N–H and O–H groups in total. The van der Waals surface area contributed by atoms with Gasteiger partial charge in [-0.1, -0.05) is 86.1 Å². The summed E-state index contributed by atoms with van der Waals surface area (Å²) in [6.07, 6.45) is 1.72. The summed E-state index contributed by atoms with van der Waals surface area (Å²) in [5.41, 5.74) is 6.22.